The number of methoxy groups -OCH3 is 2. The molecule has 1 heterocycles. The Bertz CT molecular complexity index is 368. The summed E-state index contributed by atoms with van der Waals surface area (Å²) in [4.78, 5) is 1.86. The van der Waals surface area contributed by atoms with Gasteiger partial charge in [0.15, 0.2) is 0 Å². The van der Waals surface area contributed by atoms with Gasteiger partial charge in [-0.05, 0) is 18.7 Å². The summed E-state index contributed by atoms with van der Waals surface area (Å²) >= 11 is 0. The van der Waals surface area contributed by atoms with Crippen LogP contribution in [0.15, 0.2) is 30.3 Å². The monoisotopic (exact) mass is 250 g/mol. The fourth-order valence-electron chi connectivity index (χ4n) is 2.61. The topological polar surface area (TPSA) is 41.9 Å². The molecule has 0 aliphatic carbocycles. The Hall–Kier alpha value is -0.940. The minimum atomic E-state index is -1.14. The van der Waals surface area contributed by atoms with Gasteiger partial charge < -0.3 is 19.5 Å². The Balaban J connectivity index is 2.41. The van der Waals surface area contributed by atoms with Crippen LogP contribution >= 0.6 is 0 Å². The molecule has 18 heavy (non-hydrogen) atoms. The third kappa shape index (κ3) is 2.17. The third-order valence-electron chi connectivity index (χ3n) is 3.64. The zero-order valence-corrected chi connectivity index (χ0v) is 10.9. The number of piperidine rings is 1. The van der Waals surface area contributed by atoms with Gasteiger partial charge in [-0.25, -0.2) is 0 Å². The van der Waals surface area contributed by atoms with Crippen molar-refractivity contribution in [3.8, 4) is 0 Å². The minimum absolute atomic E-state index is 0.365. The van der Waals surface area contributed by atoms with Crippen molar-refractivity contribution < 1.29 is 14.6 Å². The van der Waals surface area contributed by atoms with E-state index in [9.17, 15) is 5.11 Å². The maximum Gasteiger partial charge on any atom is 0.144 e. The molecule has 0 saturated carbocycles. The molecule has 0 radical (unpaired) electrons. The van der Waals surface area contributed by atoms with Crippen LogP contribution in [0.1, 0.15) is 5.56 Å². The van der Waals surface area contributed by atoms with Crippen LogP contribution in [-0.4, -0.2) is 49.5 Å². The molecule has 1 saturated heterocycles. The summed E-state index contributed by atoms with van der Waals surface area (Å²) in [7, 11) is 7.12. The number of hydrogen-bond acceptors (Lipinski definition) is 4. The third-order valence-corrected chi connectivity index (χ3v) is 3.64. The summed E-state index contributed by atoms with van der Waals surface area (Å²) in [6.45, 7) is 1.14. The highest BCUT2D eigenvalue weighted by atomic mass is 16.5. The van der Waals surface area contributed by atoms with Gasteiger partial charge in [-0.3, -0.25) is 7.05 Å². The van der Waals surface area contributed by atoms with E-state index in [1.54, 1.807) is 14.2 Å². The van der Waals surface area contributed by atoms with Crippen molar-refractivity contribution in [3.05, 3.63) is 42.9 Å². The van der Waals surface area contributed by atoms with E-state index in [4.69, 9.17) is 9.47 Å². The van der Waals surface area contributed by atoms with Crippen molar-refractivity contribution in [2.45, 2.75) is 17.8 Å². The Labute approximate surface area is 108 Å². The average Bonchev–Trinajstić information content (AvgIpc) is 2.41. The van der Waals surface area contributed by atoms with Gasteiger partial charge in [0, 0.05) is 14.2 Å². The Morgan fingerprint density at radius 3 is 2.11 bits per heavy atom. The molecule has 2 unspecified atom stereocenters. The van der Waals surface area contributed by atoms with Gasteiger partial charge in [-0.15, -0.1) is 0 Å². The van der Waals surface area contributed by atoms with Crippen LogP contribution in [-0.2, 0) is 15.1 Å². The van der Waals surface area contributed by atoms with E-state index in [1.165, 1.54) is 0 Å². The molecule has 0 bridgehead atoms. The van der Waals surface area contributed by atoms with Crippen LogP contribution in [0, 0.1) is 7.05 Å². The SMILES string of the molecule is [CH2-]N1CC(OC)C(O)(c2ccccc2)C(OC)C1. The van der Waals surface area contributed by atoms with E-state index in [0.29, 0.717) is 13.1 Å². The van der Waals surface area contributed by atoms with Gasteiger partial charge in [0.05, 0.1) is 0 Å². The fourth-order valence-corrected chi connectivity index (χ4v) is 2.61. The van der Waals surface area contributed by atoms with E-state index in [-0.39, 0.29) is 12.2 Å². The zero-order chi connectivity index (χ0) is 13.2. The molecular weight excluding hydrogens is 230 g/mol. The van der Waals surface area contributed by atoms with Crippen LogP contribution in [0.3, 0.4) is 0 Å². The molecule has 1 aromatic rings. The van der Waals surface area contributed by atoms with Crippen molar-refractivity contribution in [1.82, 2.24) is 4.90 Å². The predicted octanol–water partition coefficient (Wildman–Crippen LogP) is 1.01. The normalized spacial score (nSPS) is 33.6. The molecule has 0 spiro atoms. The molecule has 4 heteroatoms. The smallest absolute Gasteiger partial charge is 0.144 e. The highest BCUT2D eigenvalue weighted by molar-refractivity contribution is 5.27. The molecule has 1 fully saturated rings. The van der Waals surface area contributed by atoms with Crippen molar-refractivity contribution in [1.29, 1.82) is 0 Å². The van der Waals surface area contributed by atoms with E-state index < -0.39 is 5.60 Å². The second kappa shape index (κ2) is 5.36. The lowest BCUT2D eigenvalue weighted by atomic mass is 9.80. The molecule has 4 nitrogen and oxygen atoms in total. The summed E-state index contributed by atoms with van der Waals surface area (Å²) in [6.07, 6.45) is -0.729. The molecule has 1 aliphatic rings. The van der Waals surface area contributed by atoms with Crippen LogP contribution < -0.4 is 0 Å². The number of nitrogens with zero attached hydrogens (tertiary/aromatic N) is 1. The quantitative estimate of drug-likeness (QED) is 0.813. The first-order chi connectivity index (χ1) is 8.62. The largest absolute Gasteiger partial charge is 0.455 e. The molecule has 0 aromatic heterocycles. The van der Waals surface area contributed by atoms with E-state index in [1.807, 2.05) is 35.2 Å². The number of aliphatic hydroxyl groups is 1. The first kappa shape index (κ1) is 13.5. The average molecular weight is 250 g/mol. The second-order valence-corrected chi connectivity index (χ2v) is 4.68. The van der Waals surface area contributed by atoms with Crippen LogP contribution in [0.2, 0.25) is 0 Å². The summed E-state index contributed by atoms with van der Waals surface area (Å²) in [5, 5.41) is 11.1. The van der Waals surface area contributed by atoms with Crippen molar-refractivity contribution in [3.63, 3.8) is 0 Å². The van der Waals surface area contributed by atoms with E-state index in [2.05, 4.69) is 7.05 Å². The lowest BCUT2D eigenvalue weighted by Crippen LogP contribution is -2.62. The predicted molar refractivity (Wildman–Crippen MR) is 68.9 cm³/mol. The van der Waals surface area contributed by atoms with Crippen LogP contribution in [0.4, 0.5) is 0 Å². The highest BCUT2D eigenvalue weighted by Gasteiger charge is 2.49. The van der Waals surface area contributed by atoms with Gasteiger partial charge in [0.25, 0.3) is 0 Å². The molecule has 1 aliphatic heterocycles. The molecule has 0 amide bonds. The van der Waals surface area contributed by atoms with Crippen LogP contribution in [0.5, 0.6) is 0 Å². The first-order valence-corrected chi connectivity index (χ1v) is 6.01. The number of benzene rings is 1. The minimum Gasteiger partial charge on any atom is -0.455 e. The Morgan fingerprint density at radius 1 is 1.17 bits per heavy atom. The van der Waals surface area contributed by atoms with Gasteiger partial charge in [-0.2, -0.15) is 0 Å². The maximum atomic E-state index is 11.1. The zero-order valence-electron chi connectivity index (χ0n) is 10.9. The fraction of sp³-hybridized carbons (Fsp3) is 0.500. The van der Waals surface area contributed by atoms with Gasteiger partial charge in [0.2, 0.25) is 0 Å². The number of likely N-dealkylation sites (tertiary alicyclic amines) is 1. The molecule has 2 rings (SSSR count). The standard InChI is InChI=1S/C14H20NO3/c1-15-9-12(17-2)14(16,13(10-15)18-3)11-7-5-4-6-8-11/h4-8,12-13,16H,1,9-10H2,2-3H3/q-1. The number of hydrogen-bond donors (Lipinski definition) is 1. The molecule has 1 aromatic carbocycles. The van der Waals surface area contributed by atoms with E-state index in [0.717, 1.165) is 5.56 Å². The summed E-state index contributed by atoms with van der Waals surface area (Å²) in [5.74, 6) is 0. The first-order valence-electron chi connectivity index (χ1n) is 6.01. The Kier molecular flexibility index (Phi) is 4.02. The summed E-state index contributed by atoms with van der Waals surface area (Å²) in [5.41, 5.74) is -0.323. The van der Waals surface area contributed by atoms with Crippen molar-refractivity contribution in [2.75, 3.05) is 27.3 Å². The summed E-state index contributed by atoms with van der Waals surface area (Å²) in [6, 6.07) is 9.53. The second-order valence-electron chi connectivity index (χ2n) is 4.68. The molecule has 2 atom stereocenters. The van der Waals surface area contributed by atoms with Crippen LogP contribution in [0.25, 0.3) is 0 Å². The van der Waals surface area contributed by atoms with Gasteiger partial charge in [-0.1, -0.05) is 30.3 Å². The summed E-state index contributed by atoms with van der Waals surface area (Å²) < 4.78 is 10.9. The Morgan fingerprint density at radius 2 is 1.67 bits per heavy atom. The highest BCUT2D eigenvalue weighted by Crippen LogP contribution is 2.36. The lowest BCUT2D eigenvalue weighted by molar-refractivity contribution is -0.202. The molecular formula is C14H20NO3-. The maximum absolute atomic E-state index is 11.1. The van der Waals surface area contributed by atoms with Gasteiger partial charge >= 0.3 is 0 Å². The molecule has 1 N–H and O–H groups in total. The molecule has 100 valence electrons. The number of ether oxygens (including phenoxy) is 2. The van der Waals surface area contributed by atoms with Gasteiger partial charge in [0.1, 0.15) is 17.8 Å². The van der Waals surface area contributed by atoms with Crippen molar-refractivity contribution >= 4 is 0 Å². The lowest BCUT2D eigenvalue weighted by Gasteiger charge is -2.50. The number of rotatable bonds is 3. The van der Waals surface area contributed by atoms with Crippen molar-refractivity contribution in [2.24, 2.45) is 0 Å². The van der Waals surface area contributed by atoms with E-state index >= 15 is 0 Å².